The van der Waals surface area contributed by atoms with Crippen molar-refractivity contribution in [2.75, 3.05) is 0 Å². The Bertz CT molecular complexity index is 582. The number of nitrogens with zero attached hydrogens (tertiary/aromatic N) is 2. The van der Waals surface area contributed by atoms with E-state index in [1.54, 1.807) is 0 Å². The molecule has 0 aliphatic rings. The number of hydrogen-bond acceptors (Lipinski definition) is 1. The molecule has 0 spiro atoms. The van der Waals surface area contributed by atoms with Crippen molar-refractivity contribution in [2.45, 2.75) is 0 Å². The molecule has 0 aliphatic carbocycles. The molecule has 0 atom stereocenters. The fourth-order valence-corrected chi connectivity index (χ4v) is 1.73. The van der Waals surface area contributed by atoms with Crippen molar-refractivity contribution in [3.63, 3.8) is 0 Å². The van der Waals surface area contributed by atoms with Crippen LogP contribution in [0.25, 0.3) is 16.6 Å². The summed E-state index contributed by atoms with van der Waals surface area (Å²) in [5.74, 6) is 0. The van der Waals surface area contributed by atoms with E-state index in [1.807, 2.05) is 42.9 Å². The molecule has 0 N–H and O–H groups in total. The van der Waals surface area contributed by atoms with Gasteiger partial charge in [0.25, 0.3) is 0 Å². The maximum atomic E-state index is 4.29. The lowest BCUT2D eigenvalue weighted by Crippen LogP contribution is -1.89. The van der Waals surface area contributed by atoms with Gasteiger partial charge in [0.2, 0.25) is 0 Å². The van der Waals surface area contributed by atoms with Crippen molar-refractivity contribution in [3.8, 4) is 5.69 Å². The van der Waals surface area contributed by atoms with Gasteiger partial charge in [-0.1, -0.05) is 6.07 Å². The first-order chi connectivity index (χ1) is 7.43. The molecule has 1 aromatic carbocycles. The molecule has 0 fully saturated rings. The average molecular weight is 194 g/mol. The van der Waals surface area contributed by atoms with Gasteiger partial charge in [-0.25, -0.2) is 0 Å². The van der Waals surface area contributed by atoms with E-state index >= 15 is 0 Å². The predicted molar refractivity (Wildman–Crippen MR) is 61.1 cm³/mol. The van der Waals surface area contributed by atoms with E-state index in [4.69, 9.17) is 0 Å². The van der Waals surface area contributed by atoms with Gasteiger partial charge in [-0.15, -0.1) is 0 Å². The lowest BCUT2D eigenvalue weighted by Gasteiger charge is -2.03. The first-order valence-corrected chi connectivity index (χ1v) is 4.92. The summed E-state index contributed by atoms with van der Waals surface area (Å²) in [5.41, 5.74) is 2.20. The summed E-state index contributed by atoms with van der Waals surface area (Å²) in [7, 11) is 0. The molecule has 2 heteroatoms. The zero-order chi connectivity index (χ0) is 10.1. The van der Waals surface area contributed by atoms with Crippen molar-refractivity contribution < 1.29 is 0 Å². The minimum absolute atomic E-state index is 1.04. The molecule has 2 heterocycles. The van der Waals surface area contributed by atoms with E-state index in [0.29, 0.717) is 0 Å². The molecule has 0 radical (unpaired) electrons. The predicted octanol–water partition coefficient (Wildman–Crippen LogP) is 3.03. The van der Waals surface area contributed by atoms with Crippen molar-refractivity contribution in [1.82, 2.24) is 9.55 Å². The maximum Gasteiger partial charge on any atom is 0.0703 e. The molecule has 0 bridgehead atoms. The van der Waals surface area contributed by atoms with Gasteiger partial charge in [-0.3, -0.25) is 4.98 Å². The standard InChI is InChI=1S/C13H10N2/c1-2-9-15(8-1)12-5-6-13-11(10-12)4-3-7-14-13/h1-10H. The summed E-state index contributed by atoms with van der Waals surface area (Å²) in [6.45, 7) is 0. The third kappa shape index (κ3) is 1.40. The molecule has 0 unspecified atom stereocenters. The second-order valence-electron chi connectivity index (χ2n) is 3.47. The Balaban J connectivity index is 2.22. The molecule has 3 rings (SSSR count). The molecule has 3 aromatic rings. The number of hydrogen-bond donors (Lipinski definition) is 0. The normalized spacial score (nSPS) is 10.7. The number of fused-ring (bicyclic) bond motifs is 1. The molecule has 15 heavy (non-hydrogen) atoms. The summed E-state index contributed by atoms with van der Waals surface area (Å²) in [6, 6.07) is 14.3. The van der Waals surface area contributed by atoms with Crippen molar-refractivity contribution in [2.24, 2.45) is 0 Å². The lowest BCUT2D eigenvalue weighted by molar-refractivity contribution is 1.08. The van der Waals surface area contributed by atoms with Crippen LogP contribution in [-0.2, 0) is 0 Å². The molecule has 0 saturated carbocycles. The Morgan fingerprint density at radius 2 is 1.80 bits per heavy atom. The van der Waals surface area contributed by atoms with Gasteiger partial charge in [0, 0.05) is 29.7 Å². The van der Waals surface area contributed by atoms with Gasteiger partial charge in [-0.05, 0) is 36.4 Å². The topological polar surface area (TPSA) is 17.8 Å². The van der Waals surface area contributed by atoms with E-state index in [2.05, 4.69) is 27.8 Å². The number of rotatable bonds is 1. The quantitative estimate of drug-likeness (QED) is 0.582. The third-order valence-corrected chi connectivity index (χ3v) is 2.49. The van der Waals surface area contributed by atoms with Crippen LogP contribution in [0, 0.1) is 0 Å². The van der Waals surface area contributed by atoms with Crippen molar-refractivity contribution >= 4 is 10.9 Å². The minimum Gasteiger partial charge on any atom is -0.324 e. The highest BCUT2D eigenvalue weighted by atomic mass is 14.9. The first kappa shape index (κ1) is 8.24. The largest absolute Gasteiger partial charge is 0.324 e. The fourth-order valence-electron chi connectivity index (χ4n) is 1.73. The van der Waals surface area contributed by atoms with Crippen LogP contribution in [-0.4, -0.2) is 9.55 Å². The van der Waals surface area contributed by atoms with Gasteiger partial charge < -0.3 is 4.57 Å². The molecule has 2 aromatic heterocycles. The Morgan fingerprint density at radius 3 is 2.67 bits per heavy atom. The maximum absolute atomic E-state index is 4.29. The smallest absolute Gasteiger partial charge is 0.0703 e. The first-order valence-electron chi connectivity index (χ1n) is 4.92. The molecular formula is C13H10N2. The molecular weight excluding hydrogens is 184 g/mol. The van der Waals surface area contributed by atoms with Gasteiger partial charge >= 0.3 is 0 Å². The summed E-state index contributed by atoms with van der Waals surface area (Å²) in [6.07, 6.45) is 5.90. The second kappa shape index (κ2) is 3.24. The van der Waals surface area contributed by atoms with Crippen LogP contribution in [0.5, 0.6) is 0 Å². The molecule has 0 amide bonds. The van der Waals surface area contributed by atoms with Crippen LogP contribution in [0.3, 0.4) is 0 Å². The Hall–Kier alpha value is -2.09. The van der Waals surface area contributed by atoms with Gasteiger partial charge in [0.05, 0.1) is 5.52 Å². The SMILES string of the molecule is c1cnc2ccc(-n3cccc3)cc2c1. The molecule has 0 aliphatic heterocycles. The number of benzene rings is 1. The third-order valence-electron chi connectivity index (χ3n) is 2.49. The molecule has 2 nitrogen and oxygen atoms in total. The summed E-state index contributed by atoms with van der Waals surface area (Å²) >= 11 is 0. The monoisotopic (exact) mass is 194 g/mol. The molecule has 72 valence electrons. The summed E-state index contributed by atoms with van der Waals surface area (Å²) in [4.78, 5) is 4.29. The van der Waals surface area contributed by atoms with Gasteiger partial charge in [-0.2, -0.15) is 0 Å². The Morgan fingerprint density at radius 1 is 0.933 bits per heavy atom. The summed E-state index contributed by atoms with van der Waals surface area (Å²) in [5, 5.41) is 1.17. The Kier molecular flexibility index (Phi) is 1.78. The van der Waals surface area contributed by atoms with Crippen LogP contribution in [0.4, 0.5) is 0 Å². The highest BCUT2D eigenvalue weighted by Crippen LogP contribution is 2.16. The second-order valence-corrected chi connectivity index (χ2v) is 3.47. The van der Waals surface area contributed by atoms with Crippen molar-refractivity contribution in [1.29, 1.82) is 0 Å². The number of pyridine rings is 1. The van der Waals surface area contributed by atoms with Gasteiger partial charge in [0.1, 0.15) is 0 Å². The van der Waals surface area contributed by atoms with Crippen LogP contribution in [0.2, 0.25) is 0 Å². The lowest BCUT2D eigenvalue weighted by atomic mass is 10.2. The van der Waals surface area contributed by atoms with Crippen LogP contribution in [0.1, 0.15) is 0 Å². The van der Waals surface area contributed by atoms with E-state index in [1.165, 1.54) is 11.1 Å². The fraction of sp³-hybridized carbons (Fsp3) is 0. The number of aromatic nitrogens is 2. The summed E-state index contributed by atoms with van der Waals surface area (Å²) < 4.78 is 2.09. The van der Waals surface area contributed by atoms with E-state index in [9.17, 15) is 0 Å². The van der Waals surface area contributed by atoms with Crippen LogP contribution in [0.15, 0.2) is 61.1 Å². The zero-order valence-electron chi connectivity index (χ0n) is 8.17. The van der Waals surface area contributed by atoms with Gasteiger partial charge in [0.15, 0.2) is 0 Å². The minimum atomic E-state index is 1.04. The highest BCUT2D eigenvalue weighted by molar-refractivity contribution is 5.80. The van der Waals surface area contributed by atoms with Crippen molar-refractivity contribution in [3.05, 3.63) is 61.1 Å². The Labute approximate surface area is 87.8 Å². The van der Waals surface area contributed by atoms with Crippen LogP contribution >= 0.6 is 0 Å². The average Bonchev–Trinajstić information content (AvgIpc) is 2.82. The van der Waals surface area contributed by atoms with E-state index in [0.717, 1.165) is 5.52 Å². The van der Waals surface area contributed by atoms with E-state index in [-0.39, 0.29) is 0 Å². The van der Waals surface area contributed by atoms with Crippen LogP contribution < -0.4 is 0 Å². The zero-order valence-corrected chi connectivity index (χ0v) is 8.17. The highest BCUT2D eigenvalue weighted by Gasteiger charge is 1.97. The molecule has 0 saturated heterocycles. The van der Waals surface area contributed by atoms with E-state index < -0.39 is 0 Å².